The monoisotopic (exact) mass is 203 g/mol. The van der Waals surface area contributed by atoms with Crippen LogP contribution in [0.5, 0.6) is 0 Å². The van der Waals surface area contributed by atoms with Gasteiger partial charge in [-0.15, -0.1) is 0 Å². The molecular formula is C10H21NOS. The number of hydrogen-bond acceptors (Lipinski definition) is 3. The molecule has 3 heteroatoms. The van der Waals surface area contributed by atoms with Gasteiger partial charge in [0, 0.05) is 6.61 Å². The van der Waals surface area contributed by atoms with Gasteiger partial charge in [-0.2, -0.15) is 11.8 Å². The van der Waals surface area contributed by atoms with E-state index >= 15 is 0 Å². The van der Waals surface area contributed by atoms with Crippen LogP contribution in [0.15, 0.2) is 0 Å². The van der Waals surface area contributed by atoms with E-state index in [1.165, 1.54) is 30.9 Å². The second kappa shape index (κ2) is 7.65. The molecule has 78 valence electrons. The van der Waals surface area contributed by atoms with Crippen molar-refractivity contribution in [2.45, 2.75) is 25.7 Å². The van der Waals surface area contributed by atoms with Crippen molar-refractivity contribution in [3.05, 3.63) is 0 Å². The summed E-state index contributed by atoms with van der Waals surface area (Å²) in [6.07, 6.45) is 4.82. The van der Waals surface area contributed by atoms with Gasteiger partial charge in [-0.3, -0.25) is 0 Å². The summed E-state index contributed by atoms with van der Waals surface area (Å²) >= 11 is 2.09. The molecule has 1 aliphatic rings. The fourth-order valence-corrected chi connectivity index (χ4v) is 2.82. The molecule has 0 saturated carbocycles. The molecule has 2 N–H and O–H groups in total. The summed E-state index contributed by atoms with van der Waals surface area (Å²) in [6, 6.07) is 0. The van der Waals surface area contributed by atoms with E-state index in [1.807, 2.05) is 0 Å². The molecule has 0 amide bonds. The van der Waals surface area contributed by atoms with Crippen molar-refractivity contribution in [2.24, 2.45) is 5.92 Å². The lowest BCUT2D eigenvalue weighted by Crippen LogP contribution is -2.26. The van der Waals surface area contributed by atoms with Crippen LogP contribution in [0.4, 0.5) is 0 Å². The van der Waals surface area contributed by atoms with Gasteiger partial charge in [0.05, 0.1) is 0 Å². The third kappa shape index (κ3) is 5.55. The van der Waals surface area contributed by atoms with Gasteiger partial charge in [-0.25, -0.2) is 0 Å². The maximum absolute atomic E-state index is 8.58. The van der Waals surface area contributed by atoms with Gasteiger partial charge in [0.15, 0.2) is 0 Å². The second-order valence-electron chi connectivity index (χ2n) is 3.69. The van der Waals surface area contributed by atoms with E-state index in [-0.39, 0.29) is 0 Å². The van der Waals surface area contributed by atoms with Gasteiger partial charge >= 0.3 is 0 Å². The average molecular weight is 203 g/mol. The smallest absolute Gasteiger partial charge is 0.0431 e. The molecular weight excluding hydrogens is 182 g/mol. The van der Waals surface area contributed by atoms with E-state index in [0.29, 0.717) is 6.61 Å². The molecule has 0 aromatic rings. The standard InChI is InChI=1S/C10H21NOS/c12-6-2-1-5-11-9-10-3-7-13-8-4-10/h10-12H,1-9H2. The molecule has 2 nitrogen and oxygen atoms in total. The number of aliphatic hydroxyl groups is 1. The first-order valence-corrected chi connectivity index (χ1v) is 6.48. The number of aliphatic hydroxyl groups excluding tert-OH is 1. The Morgan fingerprint density at radius 2 is 2.00 bits per heavy atom. The van der Waals surface area contributed by atoms with Gasteiger partial charge in [-0.1, -0.05) is 0 Å². The van der Waals surface area contributed by atoms with Crippen molar-refractivity contribution in [3.63, 3.8) is 0 Å². The summed E-state index contributed by atoms with van der Waals surface area (Å²) in [4.78, 5) is 0. The fourth-order valence-electron chi connectivity index (χ4n) is 1.62. The Morgan fingerprint density at radius 1 is 1.23 bits per heavy atom. The summed E-state index contributed by atoms with van der Waals surface area (Å²) in [6.45, 7) is 2.60. The van der Waals surface area contributed by atoms with Gasteiger partial charge in [-0.05, 0) is 56.2 Å². The average Bonchev–Trinajstić information content (AvgIpc) is 2.19. The van der Waals surface area contributed by atoms with Crippen LogP contribution in [0.1, 0.15) is 25.7 Å². The lowest BCUT2D eigenvalue weighted by Gasteiger charge is -2.21. The summed E-state index contributed by atoms with van der Waals surface area (Å²) in [5.74, 6) is 3.61. The van der Waals surface area contributed by atoms with Crippen molar-refractivity contribution < 1.29 is 5.11 Å². The Bertz CT molecular complexity index is 115. The molecule has 1 saturated heterocycles. The zero-order chi connectivity index (χ0) is 9.36. The normalized spacial score (nSPS) is 19.2. The Morgan fingerprint density at radius 3 is 2.69 bits per heavy atom. The Kier molecular flexibility index (Phi) is 6.68. The van der Waals surface area contributed by atoms with Crippen molar-refractivity contribution in [1.29, 1.82) is 0 Å². The largest absolute Gasteiger partial charge is 0.396 e. The Hall–Kier alpha value is 0.270. The van der Waals surface area contributed by atoms with E-state index in [2.05, 4.69) is 17.1 Å². The van der Waals surface area contributed by atoms with Crippen LogP contribution in [0.3, 0.4) is 0 Å². The van der Waals surface area contributed by atoms with Gasteiger partial charge < -0.3 is 10.4 Å². The SMILES string of the molecule is OCCCCNCC1CCSCC1. The highest BCUT2D eigenvalue weighted by Gasteiger charge is 2.12. The van der Waals surface area contributed by atoms with Gasteiger partial charge in [0.25, 0.3) is 0 Å². The van der Waals surface area contributed by atoms with Crippen LogP contribution >= 0.6 is 11.8 Å². The molecule has 0 unspecified atom stereocenters. The third-order valence-corrected chi connectivity index (χ3v) is 3.58. The number of nitrogens with one attached hydrogen (secondary N) is 1. The molecule has 0 aliphatic carbocycles. The zero-order valence-corrected chi connectivity index (χ0v) is 9.11. The lowest BCUT2D eigenvalue weighted by molar-refractivity contribution is 0.283. The van der Waals surface area contributed by atoms with Crippen molar-refractivity contribution >= 4 is 11.8 Å². The fraction of sp³-hybridized carbons (Fsp3) is 1.00. The van der Waals surface area contributed by atoms with Crippen LogP contribution in [0.2, 0.25) is 0 Å². The van der Waals surface area contributed by atoms with Crippen LogP contribution in [-0.2, 0) is 0 Å². The number of hydrogen-bond donors (Lipinski definition) is 2. The predicted molar refractivity (Wildman–Crippen MR) is 59.2 cm³/mol. The summed E-state index contributed by atoms with van der Waals surface area (Å²) < 4.78 is 0. The minimum absolute atomic E-state index is 0.335. The topological polar surface area (TPSA) is 32.3 Å². The maximum atomic E-state index is 8.58. The summed E-state index contributed by atoms with van der Waals surface area (Å²) in [7, 11) is 0. The Balaban J connectivity index is 1.86. The predicted octanol–water partition coefficient (Wildman–Crippen LogP) is 1.49. The molecule has 1 fully saturated rings. The number of thioether (sulfide) groups is 1. The van der Waals surface area contributed by atoms with Crippen LogP contribution in [-0.4, -0.2) is 36.3 Å². The highest BCUT2D eigenvalue weighted by molar-refractivity contribution is 7.99. The minimum atomic E-state index is 0.335. The first kappa shape index (κ1) is 11.3. The van der Waals surface area contributed by atoms with Gasteiger partial charge in [0.2, 0.25) is 0 Å². The minimum Gasteiger partial charge on any atom is -0.396 e. The Labute approximate surface area is 85.5 Å². The van der Waals surface area contributed by atoms with Crippen molar-refractivity contribution in [3.8, 4) is 0 Å². The molecule has 1 rings (SSSR count). The zero-order valence-electron chi connectivity index (χ0n) is 8.30. The third-order valence-electron chi connectivity index (χ3n) is 2.54. The molecule has 1 aliphatic heterocycles. The maximum Gasteiger partial charge on any atom is 0.0431 e. The second-order valence-corrected chi connectivity index (χ2v) is 4.92. The molecule has 13 heavy (non-hydrogen) atoms. The van der Waals surface area contributed by atoms with E-state index in [9.17, 15) is 0 Å². The molecule has 0 radical (unpaired) electrons. The van der Waals surface area contributed by atoms with E-state index in [4.69, 9.17) is 5.11 Å². The van der Waals surface area contributed by atoms with Crippen LogP contribution in [0.25, 0.3) is 0 Å². The number of unbranched alkanes of at least 4 members (excludes halogenated alkanes) is 1. The highest BCUT2D eigenvalue weighted by Crippen LogP contribution is 2.21. The highest BCUT2D eigenvalue weighted by atomic mass is 32.2. The van der Waals surface area contributed by atoms with Gasteiger partial charge in [0.1, 0.15) is 0 Å². The molecule has 0 bridgehead atoms. The van der Waals surface area contributed by atoms with E-state index < -0.39 is 0 Å². The quantitative estimate of drug-likeness (QED) is 0.642. The van der Waals surface area contributed by atoms with Crippen LogP contribution in [0, 0.1) is 5.92 Å². The van der Waals surface area contributed by atoms with E-state index in [1.54, 1.807) is 0 Å². The van der Waals surface area contributed by atoms with Crippen LogP contribution < -0.4 is 5.32 Å². The molecule has 1 heterocycles. The molecule has 0 aromatic carbocycles. The first-order chi connectivity index (χ1) is 6.43. The molecule has 0 atom stereocenters. The lowest BCUT2D eigenvalue weighted by atomic mass is 10.0. The van der Waals surface area contributed by atoms with Crippen molar-refractivity contribution in [2.75, 3.05) is 31.2 Å². The molecule has 0 spiro atoms. The number of rotatable bonds is 6. The summed E-state index contributed by atoms with van der Waals surface area (Å²) in [5, 5.41) is 12.1. The first-order valence-electron chi connectivity index (χ1n) is 5.33. The van der Waals surface area contributed by atoms with Crippen molar-refractivity contribution in [1.82, 2.24) is 5.32 Å². The summed E-state index contributed by atoms with van der Waals surface area (Å²) in [5.41, 5.74) is 0. The van der Waals surface area contributed by atoms with E-state index in [0.717, 1.165) is 25.3 Å². The molecule has 0 aromatic heterocycles.